The number of halogens is 2. The van der Waals surface area contributed by atoms with E-state index in [1.54, 1.807) is 6.07 Å². The first kappa shape index (κ1) is 14.9. The van der Waals surface area contributed by atoms with Crippen molar-refractivity contribution in [2.24, 2.45) is 0 Å². The van der Waals surface area contributed by atoms with Crippen LogP contribution in [0.15, 0.2) is 36.4 Å². The Morgan fingerprint density at radius 2 is 1.95 bits per heavy atom. The molecule has 2 N–H and O–H groups in total. The molecule has 0 spiro atoms. The summed E-state index contributed by atoms with van der Waals surface area (Å²) in [4.78, 5) is 23.1. The van der Waals surface area contributed by atoms with Gasteiger partial charge in [-0.3, -0.25) is 4.79 Å². The highest BCUT2D eigenvalue weighted by Gasteiger charge is 2.12. The summed E-state index contributed by atoms with van der Waals surface area (Å²) in [5, 5.41) is 10.8. The number of hydrogen-bond donors (Lipinski definition) is 2. The number of nitrogens with one attached hydrogen (secondary N) is 1. The Labute approximate surface area is 122 Å². The number of thiophene rings is 1. The van der Waals surface area contributed by atoms with Gasteiger partial charge in [-0.15, -0.1) is 11.3 Å². The van der Waals surface area contributed by atoms with Gasteiger partial charge in [-0.25, -0.2) is 13.6 Å². The first-order valence-electron chi connectivity index (χ1n) is 5.73. The molecule has 2 aromatic rings. The quantitative estimate of drug-likeness (QED) is 0.851. The third kappa shape index (κ3) is 3.96. The zero-order valence-electron chi connectivity index (χ0n) is 10.5. The second-order valence-electron chi connectivity index (χ2n) is 3.95. The van der Waals surface area contributed by atoms with Gasteiger partial charge in [0.25, 0.3) is 5.91 Å². The van der Waals surface area contributed by atoms with Gasteiger partial charge in [0.1, 0.15) is 11.6 Å². The van der Waals surface area contributed by atoms with E-state index in [0.717, 1.165) is 29.5 Å². The SMILES string of the molecule is O=C(O)C=Cc1ccc(C(=O)Nc2ccc(F)cc2F)s1. The van der Waals surface area contributed by atoms with Crippen molar-refractivity contribution >= 4 is 35.0 Å². The lowest BCUT2D eigenvalue weighted by molar-refractivity contribution is -0.131. The van der Waals surface area contributed by atoms with Crippen molar-refractivity contribution in [1.82, 2.24) is 0 Å². The number of benzene rings is 1. The van der Waals surface area contributed by atoms with Gasteiger partial charge in [0.05, 0.1) is 10.6 Å². The van der Waals surface area contributed by atoms with E-state index in [2.05, 4.69) is 5.32 Å². The van der Waals surface area contributed by atoms with E-state index in [4.69, 9.17) is 5.11 Å². The molecule has 0 fully saturated rings. The maximum atomic E-state index is 13.4. The second-order valence-corrected chi connectivity index (χ2v) is 5.07. The Kier molecular flexibility index (Phi) is 4.44. The van der Waals surface area contributed by atoms with Gasteiger partial charge in [-0.2, -0.15) is 0 Å². The summed E-state index contributed by atoms with van der Waals surface area (Å²) in [6.45, 7) is 0. The molecule has 108 valence electrons. The minimum absolute atomic E-state index is 0.127. The van der Waals surface area contributed by atoms with Crippen LogP contribution in [0.5, 0.6) is 0 Å². The normalized spacial score (nSPS) is 10.8. The van der Waals surface area contributed by atoms with E-state index >= 15 is 0 Å². The van der Waals surface area contributed by atoms with E-state index in [9.17, 15) is 18.4 Å². The molecule has 4 nitrogen and oxygen atoms in total. The molecule has 1 heterocycles. The highest BCUT2D eigenvalue weighted by molar-refractivity contribution is 7.15. The highest BCUT2D eigenvalue weighted by atomic mass is 32.1. The molecule has 21 heavy (non-hydrogen) atoms. The van der Waals surface area contributed by atoms with Gasteiger partial charge >= 0.3 is 5.97 Å². The Morgan fingerprint density at radius 3 is 2.62 bits per heavy atom. The number of amides is 1. The van der Waals surface area contributed by atoms with Crippen molar-refractivity contribution in [2.45, 2.75) is 0 Å². The number of anilines is 1. The number of aliphatic carboxylic acids is 1. The number of rotatable bonds is 4. The maximum absolute atomic E-state index is 13.4. The van der Waals surface area contributed by atoms with E-state index in [-0.39, 0.29) is 10.6 Å². The third-order valence-electron chi connectivity index (χ3n) is 2.42. The summed E-state index contributed by atoms with van der Waals surface area (Å²) < 4.78 is 26.2. The molecular formula is C14H9F2NO3S. The highest BCUT2D eigenvalue weighted by Crippen LogP contribution is 2.21. The third-order valence-corrected chi connectivity index (χ3v) is 3.47. The predicted molar refractivity (Wildman–Crippen MR) is 75.3 cm³/mol. The van der Waals surface area contributed by atoms with Gasteiger partial charge in [0.2, 0.25) is 0 Å². The van der Waals surface area contributed by atoms with Crippen molar-refractivity contribution in [3.8, 4) is 0 Å². The largest absolute Gasteiger partial charge is 0.478 e. The van der Waals surface area contributed by atoms with E-state index < -0.39 is 23.5 Å². The van der Waals surface area contributed by atoms with Crippen LogP contribution in [0.1, 0.15) is 14.5 Å². The van der Waals surface area contributed by atoms with Crippen molar-refractivity contribution in [1.29, 1.82) is 0 Å². The Hall–Kier alpha value is -2.54. The average molecular weight is 309 g/mol. The van der Waals surface area contributed by atoms with E-state index in [1.807, 2.05) is 0 Å². The summed E-state index contributed by atoms with van der Waals surface area (Å²) >= 11 is 1.05. The molecule has 7 heteroatoms. The fourth-order valence-corrected chi connectivity index (χ4v) is 2.30. The van der Waals surface area contributed by atoms with Crippen molar-refractivity contribution in [2.75, 3.05) is 5.32 Å². The van der Waals surface area contributed by atoms with Gasteiger partial charge in [-0.05, 0) is 30.3 Å². The summed E-state index contributed by atoms with van der Waals surface area (Å²) in [6.07, 6.45) is 2.30. The minimum Gasteiger partial charge on any atom is -0.478 e. The van der Waals surface area contributed by atoms with Crippen LogP contribution in [-0.2, 0) is 4.79 Å². The molecule has 0 aliphatic heterocycles. The lowest BCUT2D eigenvalue weighted by Gasteiger charge is -2.04. The summed E-state index contributed by atoms with van der Waals surface area (Å²) in [5.41, 5.74) is -0.127. The number of carbonyl (C=O) groups excluding carboxylic acids is 1. The zero-order chi connectivity index (χ0) is 15.4. The molecule has 0 saturated heterocycles. The zero-order valence-corrected chi connectivity index (χ0v) is 11.3. The molecular weight excluding hydrogens is 300 g/mol. The Bertz CT molecular complexity index is 725. The maximum Gasteiger partial charge on any atom is 0.328 e. The van der Waals surface area contributed by atoms with E-state index in [0.29, 0.717) is 10.9 Å². The molecule has 1 aromatic carbocycles. The van der Waals surface area contributed by atoms with Crippen LogP contribution < -0.4 is 5.32 Å². The molecule has 0 radical (unpaired) electrons. The van der Waals surface area contributed by atoms with Gasteiger partial charge in [0, 0.05) is 17.0 Å². The summed E-state index contributed by atoms with van der Waals surface area (Å²) in [6, 6.07) is 5.89. The molecule has 0 unspecified atom stereocenters. The molecule has 0 aliphatic rings. The van der Waals surface area contributed by atoms with Crippen LogP contribution in [0.2, 0.25) is 0 Å². The average Bonchev–Trinajstić information content (AvgIpc) is 2.88. The lowest BCUT2D eigenvalue weighted by Crippen LogP contribution is -2.11. The predicted octanol–water partition coefficient (Wildman–Crippen LogP) is 3.38. The van der Waals surface area contributed by atoms with Crippen LogP contribution in [0.25, 0.3) is 6.08 Å². The lowest BCUT2D eigenvalue weighted by atomic mass is 10.3. The molecule has 1 amide bonds. The minimum atomic E-state index is -1.09. The molecule has 0 aliphatic carbocycles. The molecule has 1 aromatic heterocycles. The van der Waals surface area contributed by atoms with Crippen molar-refractivity contribution < 1.29 is 23.5 Å². The van der Waals surface area contributed by atoms with Crippen LogP contribution in [0, 0.1) is 11.6 Å². The van der Waals surface area contributed by atoms with Gasteiger partial charge in [-0.1, -0.05) is 0 Å². The molecule has 0 bridgehead atoms. The summed E-state index contributed by atoms with van der Waals surface area (Å²) in [5.74, 6) is -3.25. The Morgan fingerprint density at radius 1 is 1.19 bits per heavy atom. The fourth-order valence-electron chi connectivity index (χ4n) is 1.49. The van der Waals surface area contributed by atoms with Crippen LogP contribution >= 0.6 is 11.3 Å². The smallest absolute Gasteiger partial charge is 0.328 e. The molecule has 0 saturated carbocycles. The standard InChI is InChI=1S/C14H9F2NO3S/c15-8-1-4-11(10(16)7-8)17-14(20)12-5-2-9(21-12)3-6-13(18)19/h1-7H,(H,17,20)(H,18,19). The number of hydrogen-bond acceptors (Lipinski definition) is 3. The topological polar surface area (TPSA) is 66.4 Å². The Balaban J connectivity index is 2.12. The van der Waals surface area contributed by atoms with Crippen LogP contribution in [0.3, 0.4) is 0 Å². The monoisotopic (exact) mass is 309 g/mol. The van der Waals surface area contributed by atoms with Crippen LogP contribution in [0.4, 0.5) is 14.5 Å². The second kappa shape index (κ2) is 6.27. The number of carboxylic acids is 1. The van der Waals surface area contributed by atoms with Gasteiger partial charge in [0.15, 0.2) is 0 Å². The summed E-state index contributed by atoms with van der Waals surface area (Å²) in [7, 11) is 0. The van der Waals surface area contributed by atoms with Crippen LogP contribution in [-0.4, -0.2) is 17.0 Å². The van der Waals surface area contributed by atoms with E-state index in [1.165, 1.54) is 12.1 Å². The number of carbonyl (C=O) groups is 2. The number of carboxylic acid groups (broad SMARTS) is 1. The molecule has 0 atom stereocenters. The van der Waals surface area contributed by atoms with Gasteiger partial charge < -0.3 is 10.4 Å². The first-order valence-corrected chi connectivity index (χ1v) is 6.54. The van der Waals surface area contributed by atoms with Crippen molar-refractivity contribution in [3.05, 3.63) is 57.8 Å². The first-order chi connectivity index (χ1) is 9.95. The van der Waals surface area contributed by atoms with Crippen molar-refractivity contribution in [3.63, 3.8) is 0 Å². The molecule has 2 rings (SSSR count). The fraction of sp³-hybridized carbons (Fsp3) is 0.